The van der Waals surface area contributed by atoms with Crippen molar-refractivity contribution < 1.29 is 18.8 Å². The fraction of sp³-hybridized carbons (Fsp3) is 0.190. The number of carbonyl (C=O) groups excluding carboxylic acids is 2. The number of aromatic nitrogens is 1. The van der Waals surface area contributed by atoms with Gasteiger partial charge in [-0.1, -0.05) is 17.3 Å². The first-order valence-corrected chi connectivity index (χ1v) is 8.75. The van der Waals surface area contributed by atoms with Gasteiger partial charge in [-0.3, -0.25) is 9.59 Å². The molecule has 3 aromatic rings. The van der Waals surface area contributed by atoms with E-state index in [9.17, 15) is 9.59 Å². The van der Waals surface area contributed by atoms with Crippen molar-refractivity contribution in [3.63, 3.8) is 0 Å². The molecule has 2 N–H and O–H groups in total. The van der Waals surface area contributed by atoms with Crippen LogP contribution in [0, 0.1) is 20.8 Å². The third-order valence-electron chi connectivity index (χ3n) is 4.12. The van der Waals surface area contributed by atoms with E-state index in [1.807, 2.05) is 32.0 Å². The Morgan fingerprint density at radius 3 is 2.32 bits per heavy atom. The molecule has 0 radical (unpaired) electrons. The van der Waals surface area contributed by atoms with Crippen LogP contribution in [0.2, 0.25) is 0 Å². The molecule has 0 aliphatic rings. The van der Waals surface area contributed by atoms with Crippen LogP contribution in [-0.4, -0.2) is 23.6 Å². The molecule has 144 valence electrons. The highest BCUT2D eigenvalue weighted by molar-refractivity contribution is 6.04. The predicted molar refractivity (Wildman–Crippen MR) is 106 cm³/mol. The van der Waals surface area contributed by atoms with Crippen molar-refractivity contribution in [2.75, 3.05) is 17.2 Å². The minimum atomic E-state index is -0.308. The van der Waals surface area contributed by atoms with Gasteiger partial charge in [0.25, 0.3) is 11.8 Å². The number of amides is 2. The number of nitrogens with one attached hydrogen (secondary N) is 2. The Kier molecular flexibility index (Phi) is 5.74. The molecule has 3 rings (SSSR count). The molecule has 2 amide bonds. The molecule has 0 atom stereocenters. The van der Waals surface area contributed by atoms with Crippen LogP contribution in [0.5, 0.6) is 5.75 Å². The standard InChI is InChI=1S/C21H21N3O4/c1-13-4-5-14(2)19(10-13)27-12-20(25)23-16-6-8-17(9-7-16)24-21(26)18-11-22-28-15(18)3/h4-11H,12H2,1-3H3,(H,23,25)(H,24,26). The SMILES string of the molecule is Cc1ccc(C)c(OCC(=O)Nc2ccc(NC(=O)c3cnoc3C)cc2)c1. The Bertz CT molecular complexity index is 993. The van der Waals surface area contributed by atoms with E-state index in [4.69, 9.17) is 9.26 Å². The van der Waals surface area contributed by atoms with Gasteiger partial charge < -0.3 is 19.9 Å². The highest BCUT2D eigenvalue weighted by atomic mass is 16.5. The number of rotatable bonds is 6. The molecular weight excluding hydrogens is 358 g/mol. The van der Waals surface area contributed by atoms with E-state index >= 15 is 0 Å². The van der Waals surface area contributed by atoms with Crippen molar-refractivity contribution in [2.45, 2.75) is 20.8 Å². The molecule has 0 fully saturated rings. The molecule has 0 spiro atoms. The number of ether oxygens (including phenoxy) is 1. The van der Waals surface area contributed by atoms with Gasteiger partial charge in [0, 0.05) is 11.4 Å². The van der Waals surface area contributed by atoms with Crippen LogP contribution in [0.15, 0.2) is 53.2 Å². The Morgan fingerprint density at radius 1 is 1.00 bits per heavy atom. The van der Waals surface area contributed by atoms with Gasteiger partial charge in [-0.25, -0.2) is 0 Å². The summed E-state index contributed by atoms with van der Waals surface area (Å²) in [7, 11) is 0. The minimum absolute atomic E-state index is 0.0878. The second-order valence-corrected chi connectivity index (χ2v) is 6.43. The topological polar surface area (TPSA) is 93.5 Å². The average Bonchev–Trinajstić information content (AvgIpc) is 3.10. The fourth-order valence-electron chi connectivity index (χ4n) is 2.56. The zero-order valence-electron chi connectivity index (χ0n) is 15.9. The van der Waals surface area contributed by atoms with Crippen molar-refractivity contribution in [1.82, 2.24) is 5.16 Å². The zero-order valence-corrected chi connectivity index (χ0v) is 15.9. The summed E-state index contributed by atoms with van der Waals surface area (Å²) in [6, 6.07) is 12.6. The molecule has 0 unspecified atom stereocenters. The lowest BCUT2D eigenvalue weighted by molar-refractivity contribution is -0.118. The van der Waals surface area contributed by atoms with Gasteiger partial charge in [-0.15, -0.1) is 0 Å². The number of carbonyl (C=O) groups is 2. The summed E-state index contributed by atoms with van der Waals surface area (Å²) in [5.41, 5.74) is 3.62. The van der Waals surface area contributed by atoms with Crippen molar-refractivity contribution in [3.8, 4) is 5.75 Å². The van der Waals surface area contributed by atoms with E-state index in [0.717, 1.165) is 11.1 Å². The summed E-state index contributed by atoms with van der Waals surface area (Å²) < 4.78 is 10.5. The van der Waals surface area contributed by atoms with E-state index in [0.29, 0.717) is 28.4 Å². The van der Waals surface area contributed by atoms with Crippen LogP contribution in [0.4, 0.5) is 11.4 Å². The first-order chi connectivity index (χ1) is 13.4. The van der Waals surface area contributed by atoms with E-state index in [1.54, 1.807) is 31.2 Å². The maximum Gasteiger partial charge on any atom is 0.262 e. The molecule has 2 aromatic carbocycles. The maximum absolute atomic E-state index is 12.1. The molecular formula is C21H21N3O4. The van der Waals surface area contributed by atoms with Gasteiger partial charge in [-0.05, 0) is 62.2 Å². The molecule has 0 saturated carbocycles. The summed E-state index contributed by atoms with van der Waals surface area (Å²) in [6.45, 7) is 5.48. The van der Waals surface area contributed by atoms with Crippen molar-refractivity contribution in [2.24, 2.45) is 0 Å². The number of aryl methyl sites for hydroxylation is 3. The van der Waals surface area contributed by atoms with Gasteiger partial charge in [0.2, 0.25) is 0 Å². The zero-order chi connectivity index (χ0) is 20.1. The van der Waals surface area contributed by atoms with Crippen molar-refractivity contribution in [3.05, 3.63) is 71.1 Å². The number of nitrogens with zero attached hydrogens (tertiary/aromatic N) is 1. The molecule has 1 aromatic heterocycles. The molecule has 0 aliphatic carbocycles. The number of anilines is 2. The number of benzene rings is 2. The first kappa shape index (κ1) is 19.2. The van der Waals surface area contributed by atoms with Crippen molar-refractivity contribution >= 4 is 23.2 Å². The van der Waals surface area contributed by atoms with Crippen LogP contribution in [-0.2, 0) is 4.79 Å². The highest BCUT2D eigenvalue weighted by Crippen LogP contribution is 2.19. The lowest BCUT2D eigenvalue weighted by atomic mass is 10.1. The van der Waals surface area contributed by atoms with Crippen LogP contribution in [0.3, 0.4) is 0 Å². The molecule has 0 aliphatic heterocycles. The quantitative estimate of drug-likeness (QED) is 0.678. The molecule has 7 heteroatoms. The van der Waals surface area contributed by atoms with Crippen LogP contribution in [0.25, 0.3) is 0 Å². The second-order valence-electron chi connectivity index (χ2n) is 6.43. The van der Waals surface area contributed by atoms with Crippen molar-refractivity contribution in [1.29, 1.82) is 0 Å². The fourth-order valence-corrected chi connectivity index (χ4v) is 2.56. The Labute approximate surface area is 162 Å². The van der Waals surface area contributed by atoms with Gasteiger partial charge in [-0.2, -0.15) is 0 Å². The van der Waals surface area contributed by atoms with Crippen LogP contribution in [0.1, 0.15) is 27.2 Å². The molecule has 0 bridgehead atoms. The molecule has 28 heavy (non-hydrogen) atoms. The smallest absolute Gasteiger partial charge is 0.262 e. The summed E-state index contributed by atoms with van der Waals surface area (Å²) in [4.78, 5) is 24.2. The number of hydrogen-bond acceptors (Lipinski definition) is 5. The lowest BCUT2D eigenvalue weighted by Crippen LogP contribution is -2.20. The van der Waals surface area contributed by atoms with E-state index < -0.39 is 0 Å². The summed E-state index contributed by atoms with van der Waals surface area (Å²) in [6.07, 6.45) is 1.37. The highest BCUT2D eigenvalue weighted by Gasteiger charge is 2.13. The Morgan fingerprint density at radius 2 is 1.68 bits per heavy atom. The Hall–Kier alpha value is -3.61. The average molecular weight is 379 g/mol. The third kappa shape index (κ3) is 4.76. The van der Waals surface area contributed by atoms with Gasteiger partial charge >= 0.3 is 0 Å². The van der Waals surface area contributed by atoms with Gasteiger partial charge in [0.1, 0.15) is 17.1 Å². The molecule has 1 heterocycles. The lowest BCUT2D eigenvalue weighted by Gasteiger charge is -2.11. The van der Waals surface area contributed by atoms with Crippen LogP contribution < -0.4 is 15.4 Å². The summed E-state index contributed by atoms with van der Waals surface area (Å²) in [5.74, 6) is 0.567. The van der Waals surface area contributed by atoms with Gasteiger partial charge in [0.15, 0.2) is 6.61 Å². The second kappa shape index (κ2) is 8.39. The van der Waals surface area contributed by atoms with Gasteiger partial charge in [0.05, 0.1) is 6.20 Å². The predicted octanol–water partition coefficient (Wildman–Crippen LogP) is 3.87. The number of hydrogen-bond donors (Lipinski definition) is 2. The molecule has 0 saturated heterocycles. The Balaban J connectivity index is 1.53. The summed E-state index contributed by atoms with van der Waals surface area (Å²) in [5, 5.41) is 9.09. The molecule has 7 nitrogen and oxygen atoms in total. The normalized spacial score (nSPS) is 10.4. The monoisotopic (exact) mass is 379 g/mol. The first-order valence-electron chi connectivity index (χ1n) is 8.75. The maximum atomic E-state index is 12.1. The summed E-state index contributed by atoms with van der Waals surface area (Å²) >= 11 is 0. The van der Waals surface area contributed by atoms with Crippen LogP contribution >= 0.6 is 0 Å². The van der Waals surface area contributed by atoms with E-state index in [2.05, 4.69) is 15.8 Å². The minimum Gasteiger partial charge on any atom is -0.483 e. The largest absolute Gasteiger partial charge is 0.483 e. The van der Waals surface area contributed by atoms with E-state index in [1.165, 1.54) is 6.20 Å². The van der Waals surface area contributed by atoms with E-state index in [-0.39, 0.29) is 18.4 Å². The third-order valence-corrected chi connectivity index (χ3v) is 4.12.